The van der Waals surface area contributed by atoms with Gasteiger partial charge in [-0.05, 0) is 6.26 Å². The van der Waals surface area contributed by atoms with Crippen LogP contribution in [0.1, 0.15) is 13.3 Å². The molecule has 0 saturated carbocycles. The van der Waals surface area contributed by atoms with Gasteiger partial charge in [0, 0.05) is 12.7 Å². The van der Waals surface area contributed by atoms with Crippen molar-refractivity contribution in [2.45, 2.75) is 13.3 Å². The summed E-state index contributed by atoms with van der Waals surface area (Å²) in [7, 11) is 0. The first-order chi connectivity index (χ1) is 5.66. The molecule has 0 unspecified atom stereocenters. The summed E-state index contributed by atoms with van der Waals surface area (Å²) in [5.74, 6) is -0.0721. The summed E-state index contributed by atoms with van der Waals surface area (Å²) in [6.45, 7) is 0.984. The van der Waals surface area contributed by atoms with Gasteiger partial charge in [-0.3, -0.25) is 9.59 Å². The van der Waals surface area contributed by atoms with Crippen molar-refractivity contribution in [2.75, 3.05) is 18.8 Å². The molecule has 0 N–H and O–H groups in total. The molecule has 0 aromatic carbocycles. The van der Waals surface area contributed by atoms with Crippen molar-refractivity contribution in [3.8, 4) is 0 Å². The highest BCUT2D eigenvalue weighted by Gasteiger charge is 2.01. The van der Waals surface area contributed by atoms with Crippen LogP contribution in [0.4, 0.5) is 0 Å². The van der Waals surface area contributed by atoms with Crippen LogP contribution < -0.4 is 0 Å². The van der Waals surface area contributed by atoms with Gasteiger partial charge in [-0.25, -0.2) is 0 Å². The molecule has 0 amide bonds. The lowest BCUT2D eigenvalue weighted by Crippen LogP contribution is -2.11. The Morgan fingerprint density at radius 1 is 1.33 bits per heavy atom. The van der Waals surface area contributed by atoms with Gasteiger partial charge in [0.05, 0.1) is 6.42 Å². The highest BCUT2D eigenvalue weighted by Crippen LogP contribution is 1.97. The van der Waals surface area contributed by atoms with E-state index in [-0.39, 0.29) is 12.8 Å². The summed E-state index contributed by atoms with van der Waals surface area (Å²) in [6, 6.07) is 0. The average molecular weight is 192 g/mol. The molecule has 0 aliphatic carbocycles. The largest absolute Gasteiger partial charge is 0.428 e. The fourth-order valence-corrected chi connectivity index (χ4v) is 0.807. The van der Waals surface area contributed by atoms with Crippen LogP contribution >= 0.6 is 11.8 Å². The van der Waals surface area contributed by atoms with E-state index in [9.17, 15) is 9.59 Å². The van der Waals surface area contributed by atoms with Crippen molar-refractivity contribution in [3.63, 3.8) is 0 Å². The molecule has 0 rings (SSSR count). The van der Waals surface area contributed by atoms with E-state index in [0.29, 0.717) is 6.42 Å². The van der Waals surface area contributed by atoms with E-state index < -0.39 is 5.97 Å². The molecule has 0 bridgehead atoms. The monoisotopic (exact) mass is 192 g/mol. The molecular formula is C7H12O4S. The number of esters is 2. The second-order valence-corrected chi connectivity index (χ2v) is 3.00. The van der Waals surface area contributed by atoms with Crippen LogP contribution in [0.2, 0.25) is 0 Å². The minimum atomic E-state index is -0.451. The molecule has 0 spiro atoms. The van der Waals surface area contributed by atoms with E-state index in [2.05, 4.69) is 9.47 Å². The van der Waals surface area contributed by atoms with Crippen molar-refractivity contribution < 1.29 is 19.1 Å². The summed E-state index contributed by atoms with van der Waals surface area (Å²) >= 11 is 1.56. The minimum Gasteiger partial charge on any atom is -0.428 e. The number of ether oxygens (including phenoxy) is 2. The van der Waals surface area contributed by atoms with Crippen molar-refractivity contribution in [1.82, 2.24) is 0 Å². The zero-order chi connectivity index (χ0) is 9.40. The predicted octanol–water partition coefficient (Wildman–Crippen LogP) is 0.803. The topological polar surface area (TPSA) is 52.6 Å². The van der Waals surface area contributed by atoms with Crippen molar-refractivity contribution >= 4 is 23.7 Å². The Morgan fingerprint density at radius 2 is 2.00 bits per heavy atom. The van der Waals surface area contributed by atoms with Gasteiger partial charge in [0.15, 0.2) is 0 Å². The van der Waals surface area contributed by atoms with E-state index in [1.807, 2.05) is 6.26 Å². The minimum absolute atomic E-state index is 0.275. The highest BCUT2D eigenvalue weighted by atomic mass is 32.2. The Kier molecular flexibility index (Phi) is 6.55. The molecule has 12 heavy (non-hydrogen) atoms. The number of rotatable bonds is 5. The zero-order valence-corrected chi connectivity index (χ0v) is 7.98. The van der Waals surface area contributed by atoms with Gasteiger partial charge in [-0.15, -0.1) is 0 Å². The van der Waals surface area contributed by atoms with Crippen LogP contribution in [-0.2, 0) is 19.1 Å². The maximum Gasteiger partial charge on any atom is 0.309 e. The van der Waals surface area contributed by atoms with Gasteiger partial charge < -0.3 is 9.47 Å². The Bertz CT molecular complexity index is 157. The van der Waals surface area contributed by atoms with Crippen LogP contribution in [-0.4, -0.2) is 30.7 Å². The van der Waals surface area contributed by atoms with Gasteiger partial charge >= 0.3 is 11.9 Å². The Morgan fingerprint density at radius 3 is 2.50 bits per heavy atom. The third kappa shape index (κ3) is 7.40. The van der Waals surface area contributed by atoms with Crippen molar-refractivity contribution in [3.05, 3.63) is 0 Å². The van der Waals surface area contributed by atoms with E-state index in [4.69, 9.17) is 0 Å². The molecule has 4 nitrogen and oxygen atoms in total. The molecule has 0 aromatic heterocycles. The van der Waals surface area contributed by atoms with Gasteiger partial charge in [0.25, 0.3) is 0 Å². The summed E-state index contributed by atoms with van der Waals surface area (Å²) in [6.07, 6.45) is 2.25. The molecule has 0 aliphatic rings. The molecule has 5 heteroatoms. The maximum absolute atomic E-state index is 10.8. The number of hydrogen-bond acceptors (Lipinski definition) is 5. The number of hydrogen-bond donors (Lipinski definition) is 0. The Hall–Kier alpha value is -0.710. The third-order valence-corrected chi connectivity index (χ3v) is 1.60. The number of carbonyl (C=O) groups excluding carboxylic acids is 2. The Labute approximate surface area is 75.6 Å². The quantitative estimate of drug-likeness (QED) is 0.476. The lowest BCUT2D eigenvalue weighted by atomic mass is 10.5. The first kappa shape index (κ1) is 11.3. The number of carbonyl (C=O) groups is 2. The van der Waals surface area contributed by atoms with Gasteiger partial charge in [-0.2, -0.15) is 11.8 Å². The second kappa shape index (κ2) is 6.97. The molecule has 70 valence electrons. The van der Waals surface area contributed by atoms with Gasteiger partial charge in [-0.1, -0.05) is 0 Å². The Balaban J connectivity index is 3.25. The smallest absolute Gasteiger partial charge is 0.309 e. The molecular weight excluding hydrogens is 180 g/mol. The first-order valence-corrected chi connectivity index (χ1v) is 4.84. The first-order valence-electron chi connectivity index (χ1n) is 3.44. The van der Waals surface area contributed by atoms with Crippen molar-refractivity contribution in [2.24, 2.45) is 0 Å². The fraction of sp³-hybridized carbons (Fsp3) is 0.714. The zero-order valence-electron chi connectivity index (χ0n) is 7.16. The van der Waals surface area contributed by atoms with Crippen molar-refractivity contribution in [1.29, 1.82) is 0 Å². The summed E-state index contributed by atoms with van der Waals surface area (Å²) in [5, 5.41) is 0. The lowest BCUT2D eigenvalue weighted by molar-refractivity contribution is -0.165. The summed E-state index contributed by atoms with van der Waals surface area (Å²) < 4.78 is 8.96. The molecule has 0 radical (unpaired) electrons. The summed E-state index contributed by atoms with van der Waals surface area (Å²) in [4.78, 5) is 21.0. The average Bonchev–Trinajstić information content (AvgIpc) is 2.00. The maximum atomic E-state index is 10.8. The molecule has 0 aliphatic heterocycles. The van der Waals surface area contributed by atoms with Gasteiger partial charge in [0.1, 0.15) is 0 Å². The molecule has 0 saturated heterocycles. The van der Waals surface area contributed by atoms with E-state index in [1.165, 1.54) is 6.92 Å². The second-order valence-electron chi connectivity index (χ2n) is 2.01. The molecule has 0 fully saturated rings. The van der Waals surface area contributed by atoms with Crippen LogP contribution in [0.25, 0.3) is 0 Å². The SMILES string of the molecule is CSCCC(=O)OCOC(C)=O. The van der Waals surface area contributed by atoms with Crippen LogP contribution in [0.5, 0.6) is 0 Å². The third-order valence-electron chi connectivity index (χ3n) is 0.992. The van der Waals surface area contributed by atoms with Crippen LogP contribution in [0.15, 0.2) is 0 Å². The molecule has 0 atom stereocenters. The van der Waals surface area contributed by atoms with E-state index in [1.54, 1.807) is 11.8 Å². The number of thioether (sulfide) groups is 1. The standard InChI is InChI=1S/C7H12O4S/c1-6(8)10-5-11-7(9)3-4-12-2/h3-5H2,1-2H3. The van der Waals surface area contributed by atoms with Crippen LogP contribution in [0, 0.1) is 0 Å². The lowest BCUT2D eigenvalue weighted by Gasteiger charge is -2.02. The highest BCUT2D eigenvalue weighted by molar-refractivity contribution is 7.98. The predicted molar refractivity (Wildman–Crippen MR) is 45.7 cm³/mol. The van der Waals surface area contributed by atoms with Crippen LogP contribution in [0.3, 0.4) is 0 Å². The van der Waals surface area contributed by atoms with E-state index >= 15 is 0 Å². The molecule has 0 aromatic rings. The molecule has 0 heterocycles. The normalized spacial score (nSPS) is 9.17. The fourth-order valence-electron chi connectivity index (χ4n) is 0.436. The van der Waals surface area contributed by atoms with E-state index in [0.717, 1.165) is 5.75 Å². The summed E-state index contributed by atoms with van der Waals surface area (Å²) in [5.41, 5.74) is 0. The van der Waals surface area contributed by atoms with Gasteiger partial charge in [0.2, 0.25) is 6.79 Å².